The van der Waals surface area contributed by atoms with Crippen LogP contribution < -0.4 is 10.5 Å². The normalized spacial score (nSPS) is 10.8. The molecule has 0 aliphatic heterocycles. The van der Waals surface area contributed by atoms with Crippen molar-refractivity contribution in [2.45, 2.75) is 6.92 Å². The smallest absolute Gasteiger partial charge is 0.317 e. The number of thiophene rings is 2. The molecule has 4 nitrogen and oxygen atoms in total. The van der Waals surface area contributed by atoms with Crippen molar-refractivity contribution in [3.63, 3.8) is 0 Å². The van der Waals surface area contributed by atoms with Crippen LogP contribution in [0.25, 0.3) is 21.1 Å². The number of aromatic nitrogens is 2. The Labute approximate surface area is 131 Å². The van der Waals surface area contributed by atoms with Gasteiger partial charge in [0.1, 0.15) is 6.61 Å². The molecule has 108 valence electrons. The molecule has 0 saturated heterocycles. The second-order valence-electron chi connectivity index (χ2n) is 4.42. The lowest BCUT2D eigenvalue weighted by atomic mass is 10.1. The Hall–Kier alpha value is -1.76. The van der Waals surface area contributed by atoms with Crippen molar-refractivity contribution in [3.8, 4) is 27.2 Å². The molecule has 3 aromatic rings. The first-order valence-corrected chi connectivity index (χ1v) is 8.35. The summed E-state index contributed by atoms with van der Waals surface area (Å²) in [6.07, 6.45) is 0. The van der Waals surface area contributed by atoms with Crippen molar-refractivity contribution in [1.29, 1.82) is 0 Å². The lowest BCUT2D eigenvalue weighted by molar-refractivity contribution is 0.303. The molecule has 3 aromatic heterocycles. The molecule has 3 heterocycles. The van der Waals surface area contributed by atoms with Gasteiger partial charge in [0, 0.05) is 12.1 Å². The summed E-state index contributed by atoms with van der Waals surface area (Å²) in [4.78, 5) is 11.3. The first kappa shape index (κ1) is 14.2. The van der Waals surface area contributed by atoms with Gasteiger partial charge in [-0.1, -0.05) is 12.1 Å². The van der Waals surface area contributed by atoms with E-state index in [9.17, 15) is 0 Å². The molecule has 0 aromatic carbocycles. The van der Waals surface area contributed by atoms with E-state index in [1.807, 2.05) is 22.9 Å². The Morgan fingerprint density at radius 1 is 1.05 bits per heavy atom. The van der Waals surface area contributed by atoms with Crippen LogP contribution in [0.3, 0.4) is 0 Å². The van der Waals surface area contributed by atoms with Crippen LogP contribution in [0.4, 0.5) is 0 Å². The number of rotatable bonds is 5. The van der Waals surface area contributed by atoms with E-state index in [0.29, 0.717) is 19.2 Å². The van der Waals surface area contributed by atoms with Gasteiger partial charge in [-0.15, -0.1) is 22.7 Å². The largest absolute Gasteiger partial charge is 0.462 e. The predicted molar refractivity (Wildman–Crippen MR) is 87.9 cm³/mol. The average Bonchev–Trinajstić information content (AvgIpc) is 3.19. The van der Waals surface area contributed by atoms with E-state index in [2.05, 4.69) is 29.0 Å². The molecule has 0 spiro atoms. The Bertz CT molecular complexity index is 653. The number of hydrogen-bond acceptors (Lipinski definition) is 6. The molecule has 0 saturated carbocycles. The van der Waals surface area contributed by atoms with Crippen molar-refractivity contribution in [2.75, 3.05) is 13.2 Å². The standard InChI is InChI=1S/C15H15N3OS2/c1-10-13(11-4-2-8-20-11)17-15(19-7-6-16)18-14(10)12-5-3-9-21-12/h2-5,8-9H,6-7,16H2,1H3. The minimum Gasteiger partial charge on any atom is -0.462 e. The van der Waals surface area contributed by atoms with Gasteiger partial charge >= 0.3 is 6.01 Å². The molecule has 6 heteroatoms. The van der Waals surface area contributed by atoms with E-state index >= 15 is 0 Å². The van der Waals surface area contributed by atoms with Gasteiger partial charge in [0.15, 0.2) is 0 Å². The Morgan fingerprint density at radius 2 is 1.62 bits per heavy atom. The third kappa shape index (κ3) is 2.97. The summed E-state index contributed by atoms with van der Waals surface area (Å²) in [5, 5.41) is 4.09. The first-order chi connectivity index (χ1) is 10.3. The van der Waals surface area contributed by atoms with Gasteiger partial charge in [-0.3, -0.25) is 0 Å². The highest BCUT2D eigenvalue weighted by Gasteiger charge is 2.16. The minimum absolute atomic E-state index is 0.387. The molecule has 0 aliphatic rings. The summed E-state index contributed by atoms with van der Waals surface area (Å²) >= 11 is 3.32. The zero-order valence-electron chi connectivity index (χ0n) is 11.6. The monoisotopic (exact) mass is 317 g/mol. The van der Waals surface area contributed by atoms with Crippen LogP contribution in [-0.2, 0) is 0 Å². The van der Waals surface area contributed by atoms with Gasteiger partial charge in [0.05, 0.1) is 21.1 Å². The molecular weight excluding hydrogens is 302 g/mol. The average molecular weight is 317 g/mol. The quantitative estimate of drug-likeness (QED) is 0.781. The summed E-state index contributed by atoms with van der Waals surface area (Å²) in [5.74, 6) is 0. The van der Waals surface area contributed by atoms with Crippen LogP contribution in [0.5, 0.6) is 6.01 Å². The lowest BCUT2D eigenvalue weighted by Crippen LogP contribution is -2.12. The molecule has 0 bridgehead atoms. The van der Waals surface area contributed by atoms with Gasteiger partial charge in [-0.05, 0) is 29.8 Å². The van der Waals surface area contributed by atoms with Crippen LogP contribution >= 0.6 is 22.7 Å². The molecule has 0 unspecified atom stereocenters. The SMILES string of the molecule is Cc1c(-c2cccs2)nc(OCCN)nc1-c1cccs1. The molecule has 2 N–H and O–H groups in total. The van der Waals surface area contributed by atoms with Crippen LogP contribution in [0.1, 0.15) is 5.56 Å². The molecule has 0 fully saturated rings. The second kappa shape index (κ2) is 6.34. The molecule has 0 aliphatic carbocycles. The fourth-order valence-electron chi connectivity index (χ4n) is 2.02. The van der Waals surface area contributed by atoms with E-state index in [-0.39, 0.29) is 0 Å². The topological polar surface area (TPSA) is 61.0 Å². The van der Waals surface area contributed by atoms with Crippen LogP contribution in [0, 0.1) is 6.92 Å². The van der Waals surface area contributed by atoms with Crippen molar-refractivity contribution in [1.82, 2.24) is 9.97 Å². The third-order valence-electron chi connectivity index (χ3n) is 2.98. The predicted octanol–water partition coefficient (Wildman–Crippen LogP) is 3.58. The number of ether oxygens (including phenoxy) is 1. The van der Waals surface area contributed by atoms with Crippen LogP contribution in [0.15, 0.2) is 35.0 Å². The fourth-order valence-corrected chi connectivity index (χ4v) is 3.56. The summed E-state index contributed by atoms with van der Waals surface area (Å²) < 4.78 is 5.55. The summed E-state index contributed by atoms with van der Waals surface area (Å²) in [7, 11) is 0. The zero-order chi connectivity index (χ0) is 14.7. The number of nitrogens with zero attached hydrogens (tertiary/aromatic N) is 2. The van der Waals surface area contributed by atoms with E-state index < -0.39 is 0 Å². The Morgan fingerprint density at radius 3 is 2.05 bits per heavy atom. The zero-order valence-corrected chi connectivity index (χ0v) is 13.2. The van der Waals surface area contributed by atoms with Gasteiger partial charge in [-0.2, -0.15) is 9.97 Å². The highest BCUT2D eigenvalue weighted by molar-refractivity contribution is 7.14. The number of hydrogen-bond donors (Lipinski definition) is 1. The van der Waals surface area contributed by atoms with Crippen molar-refractivity contribution < 1.29 is 4.74 Å². The van der Waals surface area contributed by atoms with Gasteiger partial charge in [-0.25, -0.2) is 0 Å². The van der Waals surface area contributed by atoms with Crippen LogP contribution in [-0.4, -0.2) is 23.1 Å². The summed E-state index contributed by atoms with van der Waals surface area (Å²) in [6.45, 7) is 2.91. The van der Waals surface area contributed by atoms with Gasteiger partial charge in [0.25, 0.3) is 0 Å². The van der Waals surface area contributed by atoms with E-state index in [4.69, 9.17) is 10.5 Å². The molecule has 0 radical (unpaired) electrons. The van der Waals surface area contributed by atoms with Crippen LogP contribution in [0.2, 0.25) is 0 Å². The lowest BCUT2D eigenvalue weighted by Gasteiger charge is -2.11. The maximum Gasteiger partial charge on any atom is 0.317 e. The summed E-state index contributed by atoms with van der Waals surface area (Å²) in [5.41, 5.74) is 8.42. The second-order valence-corrected chi connectivity index (χ2v) is 6.32. The van der Waals surface area contributed by atoms with Crippen molar-refractivity contribution >= 4 is 22.7 Å². The summed E-state index contributed by atoms with van der Waals surface area (Å²) in [6, 6.07) is 8.55. The molecule has 0 amide bonds. The van der Waals surface area contributed by atoms with Crippen molar-refractivity contribution in [2.24, 2.45) is 5.73 Å². The fraction of sp³-hybridized carbons (Fsp3) is 0.200. The number of nitrogens with two attached hydrogens (primary N) is 1. The Kier molecular flexibility index (Phi) is 4.28. The van der Waals surface area contributed by atoms with Gasteiger partial charge < -0.3 is 10.5 Å². The first-order valence-electron chi connectivity index (χ1n) is 6.59. The third-order valence-corrected chi connectivity index (χ3v) is 4.74. The van der Waals surface area contributed by atoms with E-state index in [0.717, 1.165) is 26.7 Å². The highest BCUT2D eigenvalue weighted by atomic mass is 32.1. The van der Waals surface area contributed by atoms with E-state index in [1.54, 1.807) is 22.7 Å². The molecule has 3 rings (SSSR count). The van der Waals surface area contributed by atoms with Crippen molar-refractivity contribution in [3.05, 3.63) is 40.6 Å². The maximum atomic E-state index is 5.55. The molecular formula is C15H15N3OS2. The maximum absolute atomic E-state index is 5.55. The highest BCUT2D eigenvalue weighted by Crippen LogP contribution is 2.34. The Balaban J connectivity index is 2.12. The minimum atomic E-state index is 0.387. The van der Waals surface area contributed by atoms with E-state index in [1.165, 1.54) is 0 Å². The molecule has 21 heavy (non-hydrogen) atoms. The molecule has 0 atom stereocenters. The van der Waals surface area contributed by atoms with Gasteiger partial charge in [0.2, 0.25) is 0 Å².